The van der Waals surface area contributed by atoms with Gasteiger partial charge in [0.15, 0.2) is 5.96 Å². The Hall–Kier alpha value is -2.69. The van der Waals surface area contributed by atoms with Gasteiger partial charge in [-0.25, -0.2) is 4.99 Å². The van der Waals surface area contributed by atoms with Gasteiger partial charge < -0.3 is 20.9 Å². The average Bonchev–Trinajstić information content (AvgIpc) is 2.76. The second kappa shape index (κ2) is 12.1. The van der Waals surface area contributed by atoms with E-state index in [0.29, 0.717) is 37.7 Å². The van der Waals surface area contributed by atoms with Crippen molar-refractivity contribution in [2.45, 2.75) is 20.0 Å². The maximum Gasteiger partial charge on any atom is 0.254 e. The van der Waals surface area contributed by atoms with Crippen LogP contribution in [0, 0.1) is 0 Å². The molecular weight excluding hydrogens is 495 g/mol. The summed E-state index contributed by atoms with van der Waals surface area (Å²) < 4.78 is 0. The normalized spacial score (nSPS) is 13.8. The molecule has 0 atom stereocenters. The molecule has 30 heavy (non-hydrogen) atoms. The summed E-state index contributed by atoms with van der Waals surface area (Å²) in [6.45, 7) is 4.98. The number of nitrogens with one attached hydrogen (secondary N) is 3. The first-order chi connectivity index (χ1) is 14.2. The van der Waals surface area contributed by atoms with Crippen LogP contribution in [0.4, 0.5) is 0 Å². The molecule has 0 spiro atoms. The Morgan fingerprint density at radius 2 is 2.00 bits per heavy atom. The fraction of sp³-hybridized carbons (Fsp3) is 0.333. The zero-order valence-electron chi connectivity index (χ0n) is 16.9. The van der Waals surface area contributed by atoms with Crippen LogP contribution in [0.15, 0.2) is 53.7 Å². The quantitative estimate of drug-likeness (QED) is 0.304. The molecule has 1 aromatic heterocycles. The summed E-state index contributed by atoms with van der Waals surface area (Å²) in [6.07, 6.45) is 1.76. The molecule has 0 radical (unpaired) electrons. The van der Waals surface area contributed by atoms with Crippen LogP contribution < -0.4 is 16.0 Å². The zero-order chi connectivity index (χ0) is 20.5. The molecule has 3 N–H and O–H groups in total. The second-order valence-corrected chi connectivity index (χ2v) is 6.64. The molecule has 1 aromatic carbocycles. The molecule has 2 aromatic rings. The predicted octanol–water partition coefficient (Wildman–Crippen LogP) is 1.53. The lowest BCUT2D eigenvalue weighted by atomic mass is 10.1. The van der Waals surface area contributed by atoms with E-state index in [9.17, 15) is 9.59 Å². The highest BCUT2D eigenvalue weighted by atomic mass is 127. The number of hydrogen-bond donors (Lipinski definition) is 3. The first-order valence-electron chi connectivity index (χ1n) is 9.72. The van der Waals surface area contributed by atoms with Crippen molar-refractivity contribution < 1.29 is 9.59 Å². The molecule has 0 bridgehead atoms. The number of nitrogens with zero attached hydrogens (tertiary/aromatic N) is 3. The Morgan fingerprint density at radius 1 is 1.20 bits per heavy atom. The van der Waals surface area contributed by atoms with Crippen LogP contribution in [0.1, 0.15) is 28.5 Å². The van der Waals surface area contributed by atoms with Crippen LogP contribution in [-0.4, -0.2) is 53.8 Å². The number of piperazine rings is 1. The third kappa shape index (κ3) is 6.97. The summed E-state index contributed by atoms with van der Waals surface area (Å²) in [5.41, 5.74) is 2.51. The molecule has 0 unspecified atom stereocenters. The van der Waals surface area contributed by atoms with Gasteiger partial charge in [0.05, 0.1) is 25.3 Å². The molecule has 8 nitrogen and oxygen atoms in total. The van der Waals surface area contributed by atoms with E-state index in [1.807, 2.05) is 37.3 Å². The molecule has 1 aliphatic rings. The minimum atomic E-state index is -0.125. The molecule has 0 saturated carbocycles. The van der Waals surface area contributed by atoms with Gasteiger partial charge in [0.25, 0.3) is 5.91 Å². The third-order valence-corrected chi connectivity index (χ3v) is 4.45. The van der Waals surface area contributed by atoms with E-state index in [0.717, 1.165) is 17.8 Å². The minimum Gasteiger partial charge on any atom is -0.357 e. The first-order valence-corrected chi connectivity index (χ1v) is 9.72. The van der Waals surface area contributed by atoms with E-state index in [1.165, 1.54) is 0 Å². The van der Waals surface area contributed by atoms with Gasteiger partial charge in [-0.15, -0.1) is 24.0 Å². The number of aromatic nitrogens is 1. The summed E-state index contributed by atoms with van der Waals surface area (Å²) in [4.78, 5) is 34.4. The summed E-state index contributed by atoms with van der Waals surface area (Å²) >= 11 is 0. The van der Waals surface area contributed by atoms with E-state index < -0.39 is 0 Å². The van der Waals surface area contributed by atoms with E-state index in [-0.39, 0.29) is 42.3 Å². The van der Waals surface area contributed by atoms with Crippen molar-refractivity contribution in [3.05, 3.63) is 65.5 Å². The molecule has 3 rings (SSSR count). The Labute approximate surface area is 193 Å². The Bertz CT molecular complexity index is 858. The Morgan fingerprint density at radius 3 is 2.67 bits per heavy atom. The van der Waals surface area contributed by atoms with Crippen LogP contribution in [0.5, 0.6) is 0 Å². The summed E-state index contributed by atoms with van der Waals surface area (Å²) in [5, 5.41) is 9.20. The number of carbonyl (C=O) groups is 2. The van der Waals surface area contributed by atoms with Crippen LogP contribution >= 0.6 is 24.0 Å². The van der Waals surface area contributed by atoms with Crippen molar-refractivity contribution in [3.63, 3.8) is 0 Å². The van der Waals surface area contributed by atoms with Gasteiger partial charge in [0.2, 0.25) is 5.91 Å². The van der Waals surface area contributed by atoms with Crippen molar-refractivity contribution in [2.24, 2.45) is 4.99 Å². The number of guanidine groups is 1. The highest BCUT2D eigenvalue weighted by Gasteiger charge is 2.22. The second-order valence-electron chi connectivity index (χ2n) is 6.64. The molecule has 2 heterocycles. The van der Waals surface area contributed by atoms with E-state index in [1.54, 1.807) is 23.2 Å². The van der Waals surface area contributed by atoms with Crippen molar-refractivity contribution in [2.75, 3.05) is 26.2 Å². The van der Waals surface area contributed by atoms with Crippen LogP contribution in [0.3, 0.4) is 0 Å². The number of rotatable bonds is 6. The highest BCUT2D eigenvalue weighted by molar-refractivity contribution is 14.0. The molecule has 0 aliphatic carbocycles. The summed E-state index contributed by atoms with van der Waals surface area (Å²) in [7, 11) is 0. The average molecular weight is 522 g/mol. The predicted molar refractivity (Wildman–Crippen MR) is 127 cm³/mol. The first kappa shape index (κ1) is 23.6. The van der Waals surface area contributed by atoms with E-state index in [2.05, 4.69) is 25.9 Å². The fourth-order valence-corrected chi connectivity index (χ4v) is 2.94. The van der Waals surface area contributed by atoms with Gasteiger partial charge in [-0.2, -0.15) is 0 Å². The Balaban J connectivity index is 0.00000320. The topological polar surface area (TPSA) is 98.7 Å². The highest BCUT2D eigenvalue weighted by Crippen LogP contribution is 2.10. The molecular formula is C21H27IN6O2. The molecule has 9 heteroatoms. The SMILES string of the molecule is CCNC(=NCc1ccc(C(=O)N2CCNC(=O)C2)cc1)NCc1ccccn1.I. The molecule has 1 aliphatic heterocycles. The molecule has 1 fully saturated rings. The van der Waals surface area contributed by atoms with Crippen LogP contribution in [-0.2, 0) is 17.9 Å². The lowest BCUT2D eigenvalue weighted by Gasteiger charge is -2.26. The number of halogens is 1. The third-order valence-electron chi connectivity index (χ3n) is 4.45. The number of benzene rings is 1. The van der Waals surface area contributed by atoms with Crippen molar-refractivity contribution >= 4 is 41.8 Å². The number of pyridine rings is 1. The lowest BCUT2D eigenvalue weighted by molar-refractivity contribution is -0.123. The van der Waals surface area contributed by atoms with Gasteiger partial charge in [-0.3, -0.25) is 14.6 Å². The Kier molecular flexibility index (Phi) is 9.52. The van der Waals surface area contributed by atoms with Gasteiger partial charge in [0.1, 0.15) is 0 Å². The molecule has 2 amide bonds. The minimum absolute atomic E-state index is 0. The standard InChI is InChI=1S/C21H26N6O2.HI/c1-2-22-21(26-14-18-5-3-4-10-23-18)25-13-16-6-8-17(9-7-16)20(29)27-12-11-24-19(28)15-27;/h3-10H,2,11-15H2,1H3,(H,24,28)(H2,22,25,26);1H. The summed E-state index contributed by atoms with van der Waals surface area (Å²) in [5.74, 6) is 0.461. The van der Waals surface area contributed by atoms with Gasteiger partial charge >= 0.3 is 0 Å². The zero-order valence-corrected chi connectivity index (χ0v) is 19.3. The number of carbonyl (C=O) groups excluding carboxylic acids is 2. The van der Waals surface area contributed by atoms with E-state index in [4.69, 9.17) is 0 Å². The lowest BCUT2D eigenvalue weighted by Crippen LogP contribution is -2.49. The number of amides is 2. The maximum atomic E-state index is 12.5. The summed E-state index contributed by atoms with van der Waals surface area (Å²) in [6, 6.07) is 13.1. The maximum absolute atomic E-state index is 12.5. The smallest absolute Gasteiger partial charge is 0.254 e. The van der Waals surface area contributed by atoms with Crippen molar-refractivity contribution in [1.29, 1.82) is 0 Å². The van der Waals surface area contributed by atoms with Gasteiger partial charge in [0, 0.05) is 31.4 Å². The van der Waals surface area contributed by atoms with Gasteiger partial charge in [-0.05, 0) is 36.8 Å². The van der Waals surface area contributed by atoms with Crippen molar-refractivity contribution in [3.8, 4) is 0 Å². The number of aliphatic imine (C=N–C) groups is 1. The molecule has 1 saturated heterocycles. The van der Waals surface area contributed by atoms with Crippen LogP contribution in [0.2, 0.25) is 0 Å². The fourth-order valence-electron chi connectivity index (χ4n) is 2.94. The molecule has 160 valence electrons. The monoisotopic (exact) mass is 522 g/mol. The number of hydrogen-bond acceptors (Lipinski definition) is 4. The van der Waals surface area contributed by atoms with Crippen molar-refractivity contribution in [1.82, 2.24) is 25.8 Å². The van der Waals surface area contributed by atoms with E-state index >= 15 is 0 Å². The van der Waals surface area contributed by atoms with Gasteiger partial charge in [-0.1, -0.05) is 18.2 Å². The van der Waals surface area contributed by atoms with Crippen LogP contribution in [0.25, 0.3) is 0 Å². The largest absolute Gasteiger partial charge is 0.357 e.